The second kappa shape index (κ2) is 7.60. The van der Waals surface area contributed by atoms with Crippen LogP contribution < -0.4 is 5.73 Å². The van der Waals surface area contributed by atoms with E-state index in [2.05, 4.69) is 6.92 Å². The first-order valence-corrected chi connectivity index (χ1v) is 6.59. The van der Waals surface area contributed by atoms with E-state index >= 15 is 0 Å². The summed E-state index contributed by atoms with van der Waals surface area (Å²) in [5, 5.41) is 10.0. The molecule has 109 valence electrons. The monoisotopic (exact) mass is 268 g/mol. The zero-order valence-corrected chi connectivity index (χ0v) is 13.0. The van der Waals surface area contributed by atoms with Gasteiger partial charge in [0.15, 0.2) is 0 Å². The average molecular weight is 268 g/mol. The molecule has 0 aromatic carbocycles. The van der Waals surface area contributed by atoms with Gasteiger partial charge in [-0.05, 0) is 46.4 Å². The fourth-order valence-corrected chi connectivity index (χ4v) is 1.13. The van der Waals surface area contributed by atoms with Crippen LogP contribution in [0.25, 0.3) is 0 Å². The summed E-state index contributed by atoms with van der Waals surface area (Å²) in [5.74, 6) is 0.677. The van der Waals surface area contributed by atoms with E-state index in [1.165, 1.54) is 13.7 Å². The van der Waals surface area contributed by atoms with Gasteiger partial charge in [0.25, 0.3) is 0 Å². The number of aliphatic hydroxyl groups is 1. The molecule has 3 N–H and O–H groups in total. The van der Waals surface area contributed by atoms with Gasteiger partial charge in [-0.15, -0.1) is 0 Å². The van der Waals surface area contributed by atoms with Crippen LogP contribution in [-0.2, 0) is 9.39 Å². The quantitative estimate of drug-likeness (QED) is 0.403. The fourth-order valence-electron chi connectivity index (χ4n) is 1.13. The molecule has 4 nitrogen and oxygen atoms in total. The molecule has 0 saturated heterocycles. The van der Waals surface area contributed by atoms with Crippen molar-refractivity contribution in [2.75, 3.05) is 7.11 Å². The zero-order valence-electron chi connectivity index (χ0n) is 13.0. The molecule has 0 aromatic heterocycles. The van der Waals surface area contributed by atoms with E-state index in [1.807, 2.05) is 19.9 Å². The maximum absolute atomic E-state index is 10.0. The lowest BCUT2D eigenvalue weighted by molar-refractivity contribution is -0.0897. The molecule has 0 fully saturated rings. The first-order chi connectivity index (χ1) is 8.69. The third kappa shape index (κ3) is 5.70. The predicted molar refractivity (Wildman–Crippen MR) is 79.5 cm³/mol. The molecule has 0 aliphatic heterocycles. The number of nitrogens with two attached hydrogens (primary N) is 1. The Balaban J connectivity index is 4.77. The molecule has 0 amide bonds. The van der Waals surface area contributed by atoms with Crippen LogP contribution in [0.1, 0.15) is 47.5 Å². The molecule has 0 unspecified atom stereocenters. The lowest BCUT2D eigenvalue weighted by Gasteiger charge is -2.37. The highest BCUT2D eigenvalue weighted by Gasteiger charge is 2.36. The van der Waals surface area contributed by atoms with Crippen molar-refractivity contribution >= 4 is 7.48 Å². The molecule has 0 spiro atoms. The van der Waals surface area contributed by atoms with E-state index in [9.17, 15) is 5.11 Å². The number of unbranched alkanes of at least 4 members (excludes halogenated alkanes) is 1. The second-order valence-corrected chi connectivity index (χ2v) is 5.49. The lowest BCUT2D eigenvalue weighted by atomic mass is 9.81. The molecular formula is C14H27BNO3. The highest BCUT2D eigenvalue weighted by atomic mass is 16.5. The number of hydrogen-bond acceptors (Lipinski definition) is 4. The van der Waals surface area contributed by atoms with Crippen LogP contribution in [0.3, 0.4) is 0 Å². The molecule has 0 saturated carbocycles. The van der Waals surface area contributed by atoms with Crippen molar-refractivity contribution in [1.29, 1.82) is 0 Å². The fraction of sp³-hybridized carbons (Fsp3) is 0.714. The summed E-state index contributed by atoms with van der Waals surface area (Å²) in [6.07, 6.45) is 5.34. The summed E-state index contributed by atoms with van der Waals surface area (Å²) in [6.45, 7) is 9.14. The van der Waals surface area contributed by atoms with Crippen molar-refractivity contribution in [2.24, 2.45) is 5.73 Å². The average Bonchev–Trinajstić information content (AvgIpc) is 2.31. The van der Waals surface area contributed by atoms with Crippen LogP contribution in [0.5, 0.6) is 0 Å². The summed E-state index contributed by atoms with van der Waals surface area (Å²) < 4.78 is 11.0. The lowest BCUT2D eigenvalue weighted by Crippen LogP contribution is -2.48. The van der Waals surface area contributed by atoms with E-state index in [1.54, 1.807) is 21.0 Å². The summed E-state index contributed by atoms with van der Waals surface area (Å²) in [5.41, 5.74) is 4.56. The van der Waals surface area contributed by atoms with Gasteiger partial charge in [0.1, 0.15) is 5.76 Å². The molecule has 5 heteroatoms. The van der Waals surface area contributed by atoms with Gasteiger partial charge in [-0.2, -0.15) is 0 Å². The summed E-state index contributed by atoms with van der Waals surface area (Å²) in [6, 6.07) is 0. The number of hydrogen-bond donors (Lipinski definition) is 2. The molecular weight excluding hydrogens is 241 g/mol. The normalized spacial score (nSPS) is 14.5. The Morgan fingerprint density at radius 1 is 1.32 bits per heavy atom. The SMILES string of the molecule is CCC/C=C(OC)\C([B]OC(C)(C)C(C)(C)O)=C/N. The molecule has 1 radical (unpaired) electrons. The Bertz CT molecular complexity index is 330. The van der Waals surface area contributed by atoms with Gasteiger partial charge < -0.3 is 20.2 Å². The van der Waals surface area contributed by atoms with Crippen molar-refractivity contribution in [3.8, 4) is 0 Å². The second-order valence-electron chi connectivity index (χ2n) is 5.49. The van der Waals surface area contributed by atoms with Crippen LogP contribution in [0.15, 0.2) is 23.5 Å². The van der Waals surface area contributed by atoms with Crippen LogP contribution in [0.4, 0.5) is 0 Å². The topological polar surface area (TPSA) is 64.7 Å². The third-order valence-corrected chi connectivity index (χ3v) is 3.26. The van der Waals surface area contributed by atoms with Crippen LogP contribution in [0.2, 0.25) is 0 Å². The van der Waals surface area contributed by atoms with Crippen molar-refractivity contribution < 1.29 is 14.5 Å². The third-order valence-electron chi connectivity index (χ3n) is 3.26. The van der Waals surface area contributed by atoms with Crippen LogP contribution in [-0.4, -0.2) is 30.9 Å². The molecule has 0 aromatic rings. The van der Waals surface area contributed by atoms with E-state index in [0.29, 0.717) is 11.2 Å². The molecule has 0 aliphatic carbocycles. The van der Waals surface area contributed by atoms with Crippen LogP contribution >= 0.6 is 0 Å². The maximum atomic E-state index is 10.0. The molecule has 0 rings (SSSR count). The zero-order chi connectivity index (χ0) is 15.1. The molecule has 0 heterocycles. The van der Waals surface area contributed by atoms with Crippen molar-refractivity contribution in [3.05, 3.63) is 23.5 Å². The number of methoxy groups -OCH3 is 1. The minimum absolute atomic E-state index is 0.660. The Hall–Kier alpha value is -0.935. The van der Waals surface area contributed by atoms with Crippen molar-refractivity contribution in [3.63, 3.8) is 0 Å². The van der Waals surface area contributed by atoms with E-state index in [0.717, 1.165) is 12.8 Å². The largest absolute Gasteiger partial charge is 0.498 e. The van der Waals surface area contributed by atoms with Crippen molar-refractivity contribution in [1.82, 2.24) is 0 Å². The Morgan fingerprint density at radius 2 is 1.89 bits per heavy atom. The van der Waals surface area contributed by atoms with Crippen LogP contribution in [0, 0.1) is 0 Å². The molecule has 0 bridgehead atoms. The number of rotatable bonds is 8. The van der Waals surface area contributed by atoms with E-state index in [-0.39, 0.29) is 0 Å². The number of allylic oxidation sites excluding steroid dienone is 2. The predicted octanol–water partition coefficient (Wildman–Crippen LogP) is 2.30. The molecule has 0 atom stereocenters. The van der Waals surface area contributed by atoms with Gasteiger partial charge >= 0.3 is 7.48 Å². The smallest absolute Gasteiger partial charge is 0.336 e. The standard InChI is InChI=1S/C14H27BNO3/c1-7-8-9-12(18-6)11(10-16)15-19-14(4,5)13(2,3)17/h9-10,17H,7-8,16H2,1-6H3/b11-10+,12-9+. The first-order valence-electron chi connectivity index (χ1n) is 6.59. The van der Waals surface area contributed by atoms with E-state index < -0.39 is 11.2 Å². The van der Waals surface area contributed by atoms with Gasteiger partial charge in [0.05, 0.1) is 18.3 Å². The summed E-state index contributed by atoms with van der Waals surface area (Å²) in [7, 11) is 3.13. The Morgan fingerprint density at radius 3 is 2.26 bits per heavy atom. The number of ether oxygens (including phenoxy) is 1. The molecule has 19 heavy (non-hydrogen) atoms. The van der Waals surface area contributed by atoms with Gasteiger partial charge in [0.2, 0.25) is 0 Å². The first kappa shape index (κ1) is 18.1. The highest BCUT2D eigenvalue weighted by Crippen LogP contribution is 2.25. The summed E-state index contributed by atoms with van der Waals surface area (Å²) >= 11 is 0. The minimum atomic E-state index is -0.969. The van der Waals surface area contributed by atoms with Gasteiger partial charge in [-0.25, -0.2) is 0 Å². The minimum Gasteiger partial charge on any atom is -0.498 e. The summed E-state index contributed by atoms with van der Waals surface area (Å²) in [4.78, 5) is 0. The Labute approximate surface area is 117 Å². The van der Waals surface area contributed by atoms with Gasteiger partial charge in [0, 0.05) is 5.47 Å². The maximum Gasteiger partial charge on any atom is 0.336 e. The van der Waals surface area contributed by atoms with Gasteiger partial charge in [-0.1, -0.05) is 13.3 Å². The Kier molecular flexibility index (Phi) is 7.23. The van der Waals surface area contributed by atoms with E-state index in [4.69, 9.17) is 15.1 Å². The highest BCUT2D eigenvalue weighted by molar-refractivity contribution is 6.39. The van der Waals surface area contributed by atoms with Gasteiger partial charge in [-0.3, -0.25) is 0 Å². The van der Waals surface area contributed by atoms with Crippen molar-refractivity contribution in [2.45, 2.75) is 58.7 Å². The molecule has 0 aliphatic rings.